The van der Waals surface area contributed by atoms with Gasteiger partial charge in [0.1, 0.15) is 5.82 Å². The quantitative estimate of drug-likeness (QED) is 0.563. The van der Waals surface area contributed by atoms with E-state index in [-0.39, 0.29) is 5.82 Å². The number of hydrogen-bond acceptors (Lipinski definition) is 5. The molecule has 0 aliphatic heterocycles. The normalized spacial score (nSPS) is 11.0. The lowest BCUT2D eigenvalue weighted by atomic mass is 10.0. The smallest absolute Gasteiger partial charge is 0.258 e. The van der Waals surface area contributed by atoms with Gasteiger partial charge in [0.25, 0.3) is 5.89 Å². The maximum Gasteiger partial charge on any atom is 0.258 e. The maximum atomic E-state index is 13.9. The molecule has 6 heteroatoms. The Bertz CT molecular complexity index is 1010. The lowest BCUT2D eigenvalue weighted by Crippen LogP contribution is -1.90. The molecule has 3 aromatic heterocycles. The largest absolute Gasteiger partial charge is 0.334 e. The predicted octanol–water partition coefficient (Wildman–Crippen LogP) is 3.79. The summed E-state index contributed by atoms with van der Waals surface area (Å²) in [4.78, 5) is 12.9. The van der Waals surface area contributed by atoms with Crippen LogP contribution in [0.1, 0.15) is 5.82 Å². The summed E-state index contributed by atoms with van der Waals surface area (Å²) in [7, 11) is 0. The third kappa shape index (κ3) is 2.44. The van der Waals surface area contributed by atoms with Crippen LogP contribution in [0.4, 0.5) is 4.39 Å². The van der Waals surface area contributed by atoms with Gasteiger partial charge in [-0.25, -0.2) is 4.39 Å². The van der Waals surface area contributed by atoms with E-state index in [1.54, 1.807) is 37.5 Å². The monoisotopic (exact) mass is 306 g/mol. The van der Waals surface area contributed by atoms with Crippen LogP contribution in [0.25, 0.3) is 33.6 Å². The van der Waals surface area contributed by atoms with Gasteiger partial charge >= 0.3 is 0 Å². The van der Waals surface area contributed by atoms with Crippen molar-refractivity contribution in [3.05, 3.63) is 60.4 Å². The molecule has 0 bridgehead atoms. The van der Waals surface area contributed by atoms with Crippen LogP contribution in [-0.2, 0) is 0 Å². The van der Waals surface area contributed by atoms with Crippen molar-refractivity contribution in [2.75, 3.05) is 0 Å². The summed E-state index contributed by atoms with van der Waals surface area (Å²) < 4.78 is 19.1. The SMILES string of the molecule is Cc1noc(-c2ccnc(-c3cc(F)cc4cccnc34)c2)n1. The Hall–Kier alpha value is -3.15. The molecule has 0 atom stereocenters. The molecule has 0 saturated carbocycles. The zero-order chi connectivity index (χ0) is 15.8. The van der Waals surface area contributed by atoms with Crippen LogP contribution in [-0.4, -0.2) is 20.1 Å². The number of rotatable bonds is 2. The highest BCUT2D eigenvalue weighted by atomic mass is 19.1. The van der Waals surface area contributed by atoms with E-state index in [0.29, 0.717) is 28.5 Å². The number of pyridine rings is 2. The van der Waals surface area contributed by atoms with Crippen molar-refractivity contribution in [2.24, 2.45) is 0 Å². The van der Waals surface area contributed by atoms with Crippen molar-refractivity contribution < 1.29 is 8.91 Å². The van der Waals surface area contributed by atoms with E-state index in [4.69, 9.17) is 4.52 Å². The molecule has 0 N–H and O–H groups in total. The molecule has 0 fully saturated rings. The Labute approximate surface area is 130 Å². The third-order valence-corrected chi connectivity index (χ3v) is 3.48. The summed E-state index contributed by atoms with van der Waals surface area (Å²) in [6.07, 6.45) is 3.30. The van der Waals surface area contributed by atoms with Crippen molar-refractivity contribution in [3.63, 3.8) is 0 Å². The first kappa shape index (κ1) is 13.5. The molecular weight excluding hydrogens is 295 g/mol. The van der Waals surface area contributed by atoms with Gasteiger partial charge in [-0.05, 0) is 37.3 Å². The first-order valence-corrected chi connectivity index (χ1v) is 7.02. The van der Waals surface area contributed by atoms with Crippen LogP contribution < -0.4 is 0 Å². The predicted molar refractivity (Wildman–Crippen MR) is 83.0 cm³/mol. The minimum atomic E-state index is -0.332. The van der Waals surface area contributed by atoms with Crippen molar-refractivity contribution in [3.8, 4) is 22.7 Å². The molecule has 0 radical (unpaired) electrons. The van der Waals surface area contributed by atoms with Gasteiger partial charge in [-0.2, -0.15) is 4.98 Å². The van der Waals surface area contributed by atoms with E-state index in [1.807, 2.05) is 6.07 Å². The van der Waals surface area contributed by atoms with Crippen LogP contribution in [0.5, 0.6) is 0 Å². The molecule has 0 saturated heterocycles. The molecule has 0 spiro atoms. The molecule has 5 nitrogen and oxygen atoms in total. The van der Waals surface area contributed by atoms with Crippen LogP contribution in [0.2, 0.25) is 0 Å². The third-order valence-electron chi connectivity index (χ3n) is 3.48. The highest BCUT2D eigenvalue weighted by Gasteiger charge is 2.12. The number of nitrogens with zero attached hydrogens (tertiary/aromatic N) is 4. The van der Waals surface area contributed by atoms with Crippen molar-refractivity contribution in [2.45, 2.75) is 6.92 Å². The highest BCUT2D eigenvalue weighted by Crippen LogP contribution is 2.29. The second-order valence-corrected chi connectivity index (χ2v) is 5.10. The standard InChI is InChI=1S/C17H11FN4O/c1-10-21-17(23-22-10)12-4-6-19-15(8-12)14-9-13(18)7-11-3-2-5-20-16(11)14/h2-9H,1H3. The Balaban J connectivity index is 1.92. The number of benzene rings is 1. The average Bonchev–Trinajstić information content (AvgIpc) is 3.01. The van der Waals surface area contributed by atoms with Gasteiger partial charge < -0.3 is 4.52 Å². The number of hydrogen-bond donors (Lipinski definition) is 0. The number of aryl methyl sites for hydroxylation is 1. The summed E-state index contributed by atoms with van der Waals surface area (Å²) in [5, 5.41) is 4.51. The zero-order valence-electron chi connectivity index (χ0n) is 12.2. The van der Waals surface area contributed by atoms with Gasteiger partial charge in [0.05, 0.1) is 11.2 Å². The number of halogens is 1. The Kier molecular flexibility index (Phi) is 3.08. The van der Waals surface area contributed by atoms with E-state index in [2.05, 4.69) is 20.1 Å². The summed E-state index contributed by atoms with van der Waals surface area (Å²) in [5.41, 5.74) is 2.64. The van der Waals surface area contributed by atoms with E-state index in [1.165, 1.54) is 12.1 Å². The molecule has 0 aliphatic rings. The van der Waals surface area contributed by atoms with Crippen LogP contribution in [0.3, 0.4) is 0 Å². The molecule has 1 aromatic carbocycles. The lowest BCUT2D eigenvalue weighted by Gasteiger charge is -2.06. The second kappa shape index (κ2) is 5.24. The minimum absolute atomic E-state index is 0.332. The van der Waals surface area contributed by atoms with Crippen molar-refractivity contribution in [1.29, 1.82) is 0 Å². The molecule has 112 valence electrons. The Morgan fingerprint density at radius 2 is 1.96 bits per heavy atom. The Morgan fingerprint density at radius 1 is 1.04 bits per heavy atom. The fourth-order valence-electron chi connectivity index (χ4n) is 2.48. The fourth-order valence-corrected chi connectivity index (χ4v) is 2.48. The van der Waals surface area contributed by atoms with Gasteiger partial charge in [-0.3, -0.25) is 9.97 Å². The molecular formula is C17H11FN4O. The molecule has 0 amide bonds. The summed E-state index contributed by atoms with van der Waals surface area (Å²) in [5.74, 6) is 0.623. The first-order chi connectivity index (χ1) is 11.2. The molecule has 0 unspecified atom stereocenters. The molecule has 4 aromatic rings. The first-order valence-electron chi connectivity index (χ1n) is 7.02. The van der Waals surface area contributed by atoms with Crippen molar-refractivity contribution in [1.82, 2.24) is 20.1 Å². The number of fused-ring (bicyclic) bond motifs is 1. The highest BCUT2D eigenvalue weighted by molar-refractivity contribution is 5.93. The van der Waals surface area contributed by atoms with Gasteiger partial charge in [0, 0.05) is 28.9 Å². The van der Waals surface area contributed by atoms with Crippen LogP contribution >= 0.6 is 0 Å². The lowest BCUT2D eigenvalue weighted by molar-refractivity contribution is 0.425. The minimum Gasteiger partial charge on any atom is -0.334 e. The Morgan fingerprint density at radius 3 is 2.78 bits per heavy atom. The molecule has 0 aliphatic carbocycles. The van der Waals surface area contributed by atoms with E-state index >= 15 is 0 Å². The van der Waals surface area contributed by atoms with E-state index in [0.717, 1.165) is 10.9 Å². The van der Waals surface area contributed by atoms with Crippen LogP contribution in [0.15, 0.2) is 53.3 Å². The van der Waals surface area contributed by atoms with Crippen molar-refractivity contribution >= 4 is 10.9 Å². The van der Waals surface area contributed by atoms with E-state index < -0.39 is 0 Å². The molecule has 3 heterocycles. The summed E-state index contributed by atoms with van der Waals surface area (Å²) >= 11 is 0. The topological polar surface area (TPSA) is 64.7 Å². The van der Waals surface area contributed by atoms with Gasteiger partial charge in [-0.15, -0.1) is 0 Å². The molecule has 23 heavy (non-hydrogen) atoms. The zero-order valence-corrected chi connectivity index (χ0v) is 12.2. The summed E-state index contributed by atoms with van der Waals surface area (Å²) in [6.45, 7) is 1.75. The van der Waals surface area contributed by atoms with Gasteiger partial charge in [-0.1, -0.05) is 11.2 Å². The summed E-state index contributed by atoms with van der Waals surface area (Å²) in [6, 6.07) is 10.0. The van der Waals surface area contributed by atoms with E-state index in [9.17, 15) is 4.39 Å². The molecule has 4 rings (SSSR count). The van der Waals surface area contributed by atoms with Gasteiger partial charge in [0.2, 0.25) is 0 Å². The maximum absolute atomic E-state index is 13.9. The number of aromatic nitrogens is 4. The fraction of sp³-hybridized carbons (Fsp3) is 0.0588. The average molecular weight is 306 g/mol. The van der Waals surface area contributed by atoms with Crippen LogP contribution in [0, 0.1) is 12.7 Å². The van der Waals surface area contributed by atoms with Gasteiger partial charge in [0.15, 0.2) is 5.82 Å². The second-order valence-electron chi connectivity index (χ2n) is 5.10.